The van der Waals surface area contributed by atoms with Gasteiger partial charge in [0.1, 0.15) is 18.4 Å². The van der Waals surface area contributed by atoms with Crippen LogP contribution in [-0.4, -0.2) is 53.5 Å². The molecule has 0 saturated heterocycles. The molecule has 3 atom stereocenters. The maximum atomic E-state index is 12.8. The Hall–Kier alpha value is -3.59. The number of alkyl carbamates (subject to hydrolysis) is 1. The Morgan fingerprint density at radius 3 is 2.19 bits per heavy atom. The number of aromatic hydroxyl groups is 1. The van der Waals surface area contributed by atoms with E-state index in [0.29, 0.717) is 5.56 Å². The average Bonchev–Trinajstić information content (AvgIpc) is 2.76. The fraction of sp³-hybridized carbons (Fsp3) is 0.318. The predicted molar refractivity (Wildman–Crippen MR) is 111 cm³/mol. The Kier molecular flexibility index (Phi) is 8.83. The van der Waals surface area contributed by atoms with Crippen molar-refractivity contribution in [1.29, 1.82) is 0 Å². The van der Waals surface area contributed by atoms with Crippen molar-refractivity contribution in [3.8, 4) is 5.75 Å². The normalized spacial score (nSPS) is 13.4. The summed E-state index contributed by atoms with van der Waals surface area (Å²) in [4.78, 5) is 37.0. The molecule has 9 nitrogen and oxygen atoms in total. The van der Waals surface area contributed by atoms with Crippen LogP contribution in [0.25, 0.3) is 0 Å². The predicted octanol–water partition coefficient (Wildman–Crippen LogP) is 1.27. The molecule has 0 spiro atoms. The second-order valence-electron chi connectivity index (χ2n) is 6.88. The van der Waals surface area contributed by atoms with E-state index in [4.69, 9.17) is 4.74 Å². The van der Waals surface area contributed by atoms with Crippen LogP contribution in [0.15, 0.2) is 54.6 Å². The number of methoxy groups -OCH3 is 1. The number of nitrogens with one attached hydrogen (secondary N) is 2. The summed E-state index contributed by atoms with van der Waals surface area (Å²) < 4.78 is 9.78. The van der Waals surface area contributed by atoms with Gasteiger partial charge in [-0.25, -0.2) is 9.59 Å². The molecule has 2 aromatic rings. The first kappa shape index (κ1) is 23.7. The highest BCUT2D eigenvalue weighted by atomic mass is 16.5. The molecule has 0 aliphatic carbocycles. The third-order valence-corrected chi connectivity index (χ3v) is 4.43. The Bertz CT molecular complexity index is 869. The van der Waals surface area contributed by atoms with Gasteiger partial charge in [-0.1, -0.05) is 42.5 Å². The fourth-order valence-corrected chi connectivity index (χ4v) is 2.74. The molecule has 31 heavy (non-hydrogen) atoms. The number of rotatable bonds is 9. The fourth-order valence-electron chi connectivity index (χ4n) is 2.74. The molecule has 0 fully saturated rings. The summed E-state index contributed by atoms with van der Waals surface area (Å²) in [5.74, 6) is -1.47. The number of aliphatic hydroxyl groups excluding tert-OH is 1. The first-order valence-electron chi connectivity index (χ1n) is 9.61. The number of amides is 2. The SMILES string of the molecule is COC(=O)[C@H](NC(=O)[C@H](Cc1ccc(O)cc1)NC(=O)OCc1ccccc1)[C@H](C)O. The molecule has 0 aliphatic heterocycles. The van der Waals surface area contributed by atoms with E-state index in [1.54, 1.807) is 36.4 Å². The second-order valence-corrected chi connectivity index (χ2v) is 6.88. The molecule has 2 amide bonds. The highest BCUT2D eigenvalue weighted by Gasteiger charge is 2.30. The Labute approximate surface area is 180 Å². The van der Waals surface area contributed by atoms with Gasteiger partial charge < -0.3 is 30.3 Å². The smallest absolute Gasteiger partial charge is 0.408 e. The van der Waals surface area contributed by atoms with Crippen molar-refractivity contribution in [1.82, 2.24) is 10.6 Å². The van der Waals surface area contributed by atoms with E-state index >= 15 is 0 Å². The number of carbonyl (C=O) groups is 3. The van der Waals surface area contributed by atoms with Crippen molar-refractivity contribution in [3.63, 3.8) is 0 Å². The van der Waals surface area contributed by atoms with Crippen LogP contribution in [0.2, 0.25) is 0 Å². The topological polar surface area (TPSA) is 134 Å². The number of hydrogen-bond donors (Lipinski definition) is 4. The van der Waals surface area contributed by atoms with Gasteiger partial charge in [-0.15, -0.1) is 0 Å². The van der Waals surface area contributed by atoms with Crippen LogP contribution < -0.4 is 10.6 Å². The van der Waals surface area contributed by atoms with Crippen LogP contribution in [-0.2, 0) is 32.1 Å². The van der Waals surface area contributed by atoms with Gasteiger partial charge in [0.15, 0.2) is 6.04 Å². The van der Waals surface area contributed by atoms with E-state index in [-0.39, 0.29) is 18.8 Å². The van der Waals surface area contributed by atoms with Crippen molar-refractivity contribution in [2.24, 2.45) is 0 Å². The van der Waals surface area contributed by atoms with E-state index in [0.717, 1.165) is 12.7 Å². The summed E-state index contributed by atoms with van der Waals surface area (Å²) in [6, 6.07) is 12.7. The zero-order chi connectivity index (χ0) is 22.8. The van der Waals surface area contributed by atoms with Crippen molar-refractivity contribution in [2.45, 2.75) is 38.1 Å². The maximum Gasteiger partial charge on any atom is 0.408 e. The van der Waals surface area contributed by atoms with Crippen molar-refractivity contribution < 1.29 is 34.1 Å². The zero-order valence-electron chi connectivity index (χ0n) is 17.3. The molecule has 0 heterocycles. The molecule has 0 unspecified atom stereocenters. The molecule has 0 aliphatic rings. The maximum absolute atomic E-state index is 12.8. The highest BCUT2D eigenvalue weighted by Crippen LogP contribution is 2.12. The van der Waals surface area contributed by atoms with Gasteiger partial charge in [0.25, 0.3) is 0 Å². The lowest BCUT2D eigenvalue weighted by Gasteiger charge is -2.23. The minimum absolute atomic E-state index is 0.0126. The van der Waals surface area contributed by atoms with E-state index in [1.165, 1.54) is 19.1 Å². The second kappa shape index (κ2) is 11.6. The first-order valence-corrected chi connectivity index (χ1v) is 9.61. The third-order valence-electron chi connectivity index (χ3n) is 4.43. The molecular formula is C22H26N2O7. The Balaban J connectivity index is 2.10. The van der Waals surface area contributed by atoms with Crippen LogP contribution in [0, 0.1) is 0 Å². The van der Waals surface area contributed by atoms with Gasteiger partial charge in [0.05, 0.1) is 13.2 Å². The van der Waals surface area contributed by atoms with Gasteiger partial charge >= 0.3 is 12.1 Å². The number of ether oxygens (including phenoxy) is 2. The monoisotopic (exact) mass is 430 g/mol. The van der Waals surface area contributed by atoms with E-state index in [2.05, 4.69) is 15.4 Å². The number of phenols is 1. The van der Waals surface area contributed by atoms with Crippen molar-refractivity contribution in [3.05, 3.63) is 65.7 Å². The van der Waals surface area contributed by atoms with Crippen LogP contribution in [0.4, 0.5) is 4.79 Å². The summed E-state index contributed by atoms with van der Waals surface area (Å²) in [6.07, 6.45) is -1.98. The molecule has 4 N–H and O–H groups in total. The van der Waals surface area contributed by atoms with E-state index in [9.17, 15) is 24.6 Å². The number of benzene rings is 2. The third kappa shape index (κ3) is 7.63. The van der Waals surface area contributed by atoms with Gasteiger partial charge in [-0.2, -0.15) is 0 Å². The van der Waals surface area contributed by atoms with Crippen LogP contribution in [0.5, 0.6) is 5.75 Å². The lowest BCUT2D eigenvalue weighted by atomic mass is 10.0. The first-order chi connectivity index (χ1) is 14.8. The van der Waals surface area contributed by atoms with E-state index in [1.807, 2.05) is 6.07 Å². The summed E-state index contributed by atoms with van der Waals surface area (Å²) in [7, 11) is 1.14. The van der Waals surface area contributed by atoms with Crippen LogP contribution in [0.1, 0.15) is 18.1 Å². The average molecular weight is 430 g/mol. The summed E-state index contributed by atoms with van der Waals surface area (Å²) >= 11 is 0. The minimum atomic E-state index is -1.30. The molecule has 2 rings (SSSR count). The van der Waals surface area contributed by atoms with Gasteiger partial charge in [-0.05, 0) is 30.2 Å². The summed E-state index contributed by atoms with van der Waals surface area (Å²) in [5, 5.41) is 24.1. The minimum Gasteiger partial charge on any atom is -0.508 e. The van der Waals surface area contributed by atoms with Crippen LogP contribution >= 0.6 is 0 Å². The number of phenolic OH excluding ortho intramolecular Hbond substituents is 1. The molecule has 0 radical (unpaired) electrons. The Morgan fingerprint density at radius 2 is 1.61 bits per heavy atom. The van der Waals surface area contributed by atoms with Gasteiger partial charge in [0, 0.05) is 6.42 Å². The number of hydrogen-bond acceptors (Lipinski definition) is 7. The van der Waals surface area contributed by atoms with E-state index < -0.39 is 36.2 Å². The zero-order valence-corrected chi connectivity index (χ0v) is 17.3. The quantitative estimate of drug-likeness (QED) is 0.440. The number of esters is 1. The molecule has 0 saturated carbocycles. The molecule has 2 aromatic carbocycles. The number of carbonyl (C=O) groups excluding carboxylic acids is 3. The largest absolute Gasteiger partial charge is 0.508 e. The summed E-state index contributed by atoms with van der Waals surface area (Å²) in [6.45, 7) is 1.34. The molecule has 9 heteroatoms. The standard InChI is InChI=1S/C22H26N2O7/c1-14(25)19(21(28)30-2)24-20(27)18(12-15-8-10-17(26)11-9-15)23-22(29)31-13-16-6-4-3-5-7-16/h3-11,14,18-19,25-26H,12-13H2,1-2H3,(H,23,29)(H,24,27)/t14-,18-,19+/m0/s1. The summed E-state index contributed by atoms with van der Waals surface area (Å²) in [5.41, 5.74) is 1.42. The molecular weight excluding hydrogens is 404 g/mol. The lowest BCUT2D eigenvalue weighted by molar-refractivity contribution is -0.148. The lowest BCUT2D eigenvalue weighted by Crippen LogP contribution is -2.55. The van der Waals surface area contributed by atoms with Crippen LogP contribution in [0.3, 0.4) is 0 Å². The van der Waals surface area contributed by atoms with Crippen molar-refractivity contribution in [2.75, 3.05) is 7.11 Å². The molecule has 166 valence electrons. The van der Waals surface area contributed by atoms with Crippen molar-refractivity contribution >= 4 is 18.0 Å². The highest BCUT2D eigenvalue weighted by molar-refractivity contribution is 5.90. The van der Waals surface area contributed by atoms with Gasteiger partial charge in [0.2, 0.25) is 5.91 Å². The van der Waals surface area contributed by atoms with Gasteiger partial charge in [-0.3, -0.25) is 4.79 Å². The molecule has 0 aromatic heterocycles. The molecule has 0 bridgehead atoms. The number of aliphatic hydroxyl groups is 1. The Morgan fingerprint density at radius 1 is 0.968 bits per heavy atom.